The van der Waals surface area contributed by atoms with Crippen molar-refractivity contribution < 1.29 is 38.9 Å². The number of ketones is 2. The van der Waals surface area contributed by atoms with E-state index in [2.05, 4.69) is 15.9 Å². The minimum Gasteiger partial charge on any atom is -0.504 e. The van der Waals surface area contributed by atoms with Crippen molar-refractivity contribution in [3.05, 3.63) is 51.0 Å². The van der Waals surface area contributed by atoms with E-state index in [-0.39, 0.29) is 25.9 Å². The molecule has 0 amide bonds. The van der Waals surface area contributed by atoms with Crippen LogP contribution in [-0.2, 0) is 16.1 Å². The van der Waals surface area contributed by atoms with E-state index in [0.717, 1.165) is 4.47 Å². The maximum absolute atomic E-state index is 13.3. The van der Waals surface area contributed by atoms with E-state index in [1.807, 2.05) is 0 Å². The van der Waals surface area contributed by atoms with E-state index in [1.165, 1.54) is 0 Å². The second-order valence-corrected chi connectivity index (χ2v) is 8.84. The molecule has 0 aliphatic carbocycles. The Labute approximate surface area is 212 Å². The predicted octanol–water partition coefficient (Wildman–Crippen LogP) is 5.89. The average Bonchev–Trinajstić information content (AvgIpc) is 2.81. The molecule has 0 atom stereocenters. The smallest absolute Gasteiger partial charge is 0.340 e. The van der Waals surface area contributed by atoms with Crippen molar-refractivity contribution in [1.82, 2.24) is 0 Å². The molecule has 2 aromatic rings. The number of carbonyl (C=O) groups excluding carboxylic acids is 4. The molecular formula is C26H29BrO8. The van der Waals surface area contributed by atoms with Gasteiger partial charge in [-0.2, -0.15) is 0 Å². The lowest BCUT2D eigenvalue weighted by Crippen LogP contribution is -2.20. The van der Waals surface area contributed by atoms with Crippen molar-refractivity contribution in [1.29, 1.82) is 0 Å². The monoisotopic (exact) mass is 548 g/mol. The SMILES string of the molecule is CCCC(=O)Oc1c(O)c(O)c(C(=O)CCC)c(C(=O)OCc2ccc(Br)cc2)c1C(=O)CCC. The van der Waals surface area contributed by atoms with Gasteiger partial charge in [-0.3, -0.25) is 14.4 Å². The summed E-state index contributed by atoms with van der Waals surface area (Å²) in [6, 6.07) is 6.95. The number of hydrogen-bond donors (Lipinski definition) is 2. The maximum Gasteiger partial charge on any atom is 0.340 e. The zero-order valence-electron chi connectivity index (χ0n) is 20.0. The highest BCUT2D eigenvalue weighted by atomic mass is 79.9. The summed E-state index contributed by atoms with van der Waals surface area (Å²) in [6.45, 7) is 5.01. The molecule has 9 heteroatoms. The number of Topliss-reactive ketones (excluding diaryl/α,β-unsaturated/α-hetero) is 2. The molecule has 8 nitrogen and oxygen atoms in total. The summed E-state index contributed by atoms with van der Waals surface area (Å²) in [6.07, 6.45) is 1.06. The van der Waals surface area contributed by atoms with Gasteiger partial charge < -0.3 is 19.7 Å². The number of benzene rings is 2. The molecule has 0 heterocycles. The van der Waals surface area contributed by atoms with E-state index in [4.69, 9.17) is 9.47 Å². The fraction of sp³-hybridized carbons (Fsp3) is 0.385. The molecule has 2 N–H and O–H groups in total. The predicted molar refractivity (Wildman–Crippen MR) is 132 cm³/mol. The number of rotatable bonds is 12. The minimum absolute atomic E-state index is 0.0263. The largest absolute Gasteiger partial charge is 0.504 e. The molecule has 0 aromatic heterocycles. The van der Waals surface area contributed by atoms with Crippen LogP contribution < -0.4 is 4.74 Å². The highest BCUT2D eigenvalue weighted by molar-refractivity contribution is 9.10. The van der Waals surface area contributed by atoms with Crippen molar-refractivity contribution in [3.63, 3.8) is 0 Å². The highest BCUT2D eigenvalue weighted by Crippen LogP contribution is 2.46. The number of hydrogen-bond acceptors (Lipinski definition) is 8. The first-order valence-corrected chi connectivity index (χ1v) is 12.3. The van der Waals surface area contributed by atoms with Crippen LogP contribution in [0.25, 0.3) is 0 Å². The molecule has 188 valence electrons. The van der Waals surface area contributed by atoms with Crippen molar-refractivity contribution in [3.8, 4) is 17.2 Å². The summed E-state index contributed by atoms with van der Waals surface area (Å²) in [5, 5.41) is 21.4. The normalized spacial score (nSPS) is 10.6. The van der Waals surface area contributed by atoms with Gasteiger partial charge in [-0.15, -0.1) is 0 Å². The fourth-order valence-electron chi connectivity index (χ4n) is 3.42. The molecule has 0 aliphatic rings. The van der Waals surface area contributed by atoms with Crippen LogP contribution in [0, 0.1) is 0 Å². The van der Waals surface area contributed by atoms with Gasteiger partial charge in [0.05, 0.1) is 16.7 Å². The summed E-state index contributed by atoms with van der Waals surface area (Å²) < 4.78 is 11.5. The molecule has 35 heavy (non-hydrogen) atoms. The molecule has 0 saturated heterocycles. The molecule has 0 radical (unpaired) electrons. The number of carbonyl (C=O) groups is 4. The van der Waals surface area contributed by atoms with Crippen LogP contribution in [0.2, 0.25) is 0 Å². The maximum atomic E-state index is 13.3. The number of ether oxygens (including phenoxy) is 2. The first-order valence-electron chi connectivity index (χ1n) is 11.5. The Morgan fingerprint density at radius 2 is 1.31 bits per heavy atom. The van der Waals surface area contributed by atoms with Gasteiger partial charge in [0.2, 0.25) is 5.75 Å². The van der Waals surface area contributed by atoms with Gasteiger partial charge in [-0.05, 0) is 37.0 Å². The second kappa shape index (κ2) is 13.0. The lowest BCUT2D eigenvalue weighted by molar-refractivity contribution is -0.134. The van der Waals surface area contributed by atoms with Gasteiger partial charge in [0.25, 0.3) is 0 Å². The third-order valence-corrected chi connectivity index (χ3v) is 5.60. The Balaban J connectivity index is 2.72. The van der Waals surface area contributed by atoms with Gasteiger partial charge in [-0.1, -0.05) is 48.8 Å². The first-order chi connectivity index (χ1) is 16.7. The molecule has 0 spiro atoms. The van der Waals surface area contributed by atoms with Gasteiger partial charge >= 0.3 is 11.9 Å². The van der Waals surface area contributed by atoms with E-state index in [1.54, 1.807) is 45.0 Å². The van der Waals surface area contributed by atoms with Crippen LogP contribution in [0.15, 0.2) is 28.7 Å². The van der Waals surface area contributed by atoms with Crippen LogP contribution in [0.1, 0.15) is 95.9 Å². The topological polar surface area (TPSA) is 127 Å². The average molecular weight is 549 g/mol. The summed E-state index contributed by atoms with van der Waals surface area (Å²) in [7, 11) is 0. The molecule has 2 aromatic carbocycles. The third kappa shape index (κ3) is 6.91. The van der Waals surface area contributed by atoms with Gasteiger partial charge in [0.15, 0.2) is 23.1 Å². The Morgan fingerprint density at radius 1 is 0.771 bits per heavy atom. The zero-order chi connectivity index (χ0) is 26.1. The molecule has 2 rings (SSSR count). The Kier molecular flexibility index (Phi) is 10.4. The fourth-order valence-corrected chi connectivity index (χ4v) is 3.68. The molecule has 0 saturated carbocycles. The lowest BCUT2D eigenvalue weighted by atomic mass is 9.90. The number of esters is 2. The second-order valence-electron chi connectivity index (χ2n) is 7.92. The van der Waals surface area contributed by atoms with Gasteiger partial charge in [0, 0.05) is 23.7 Å². The first kappa shape index (κ1) is 28.0. The van der Waals surface area contributed by atoms with Gasteiger partial charge in [0.1, 0.15) is 6.61 Å². The van der Waals surface area contributed by atoms with E-state index < -0.39 is 57.4 Å². The lowest BCUT2D eigenvalue weighted by Gasteiger charge is -2.19. The number of phenolic OH excluding ortho intramolecular Hbond substituents is 2. The van der Waals surface area contributed by atoms with Crippen LogP contribution in [0.5, 0.6) is 17.2 Å². The van der Waals surface area contributed by atoms with E-state index >= 15 is 0 Å². The van der Waals surface area contributed by atoms with Crippen molar-refractivity contribution in [2.75, 3.05) is 0 Å². The van der Waals surface area contributed by atoms with Gasteiger partial charge in [-0.25, -0.2) is 4.79 Å². The van der Waals surface area contributed by atoms with Crippen LogP contribution in [0.3, 0.4) is 0 Å². The van der Waals surface area contributed by atoms with Crippen LogP contribution >= 0.6 is 15.9 Å². The number of halogens is 1. The summed E-state index contributed by atoms with van der Waals surface area (Å²) >= 11 is 3.32. The molecule has 0 bridgehead atoms. The van der Waals surface area contributed by atoms with Crippen molar-refractivity contribution in [2.24, 2.45) is 0 Å². The molecule has 0 unspecified atom stereocenters. The molecular weight excluding hydrogens is 520 g/mol. The third-order valence-electron chi connectivity index (χ3n) is 5.07. The molecule has 0 fully saturated rings. The quantitative estimate of drug-likeness (QED) is 0.145. The number of aromatic hydroxyl groups is 2. The van der Waals surface area contributed by atoms with Crippen molar-refractivity contribution in [2.45, 2.75) is 65.9 Å². The Bertz CT molecular complexity index is 1110. The minimum atomic E-state index is -1.06. The van der Waals surface area contributed by atoms with E-state index in [9.17, 15) is 29.4 Å². The van der Waals surface area contributed by atoms with E-state index in [0.29, 0.717) is 24.8 Å². The number of phenols is 2. The highest BCUT2D eigenvalue weighted by Gasteiger charge is 2.36. The Morgan fingerprint density at radius 3 is 1.86 bits per heavy atom. The summed E-state index contributed by atoms with van der Waals surface area (Å²) in [5.41, 5.74) is -0.859. The Hall–Kier alpha value is -3.20. The van der Waals surface area contributed by atoms with Crippen LogP contribution in [0.4, 0.5) is 0 Å². The summed E-state index contributed by atoms with van der Waals surface area (Å²) in [5.74, 6) is -5.66. The summed E-state index contributed by atoms with van der Waals surface area (Å²) in [4.78, 5) is 51.6. The standard InChI is InChI=1S/C26H29BrO8/c1-4-7-17(28)20-22(26(33)34-14-15-10-12-16(27)13-11-15)21(18(29)8-5-2)25(24(32)23(20)31)35-19(30)9-6-3/h10-13,31-32H,4-9,14H2,1-3H3. The molecule has 0 aliphatic heterocycles. The zero-order valence-corrected chi connectivity index (χ0v) is 21.6. The van der Waals surface area contributed by atoms with Crippen LogP contribution in [-0.4, -0.2) is 33.7 Å². The van der Waals surface area contributed by atoms with Crippen molar-refractivity contribution >= 4 is 39.4 Å².